The third-order valence-corrected chi connectivity index (χ3v) is 4.69. The van der Waals surface area contributed by atoms with Crippen LogP contribution in [0.25, 0.3) is 0 Å². The van der Waals surface area contributed by atoms with Crippen LogP contribution >= 0.6 is 12.6 Å². The number of nitrogens with one attached hydrogen (secondary N) is 2. The first kappa shape index (κ1) is 21.0. The van der Waals surface area contributed by atoms with Crippen molar-refractivity contribution in [2.45, 2.75) is 44.8 Å². The lowest BCUT2D eigenvalue weighted by molar-refractivity contribution is -0.125. The number of hydrogen-bond donors (Lipinski definition) is 5. The molecule has 5 N–H and O–H groups in total. The van der Waals surface area contributed by atoms with Gasteiger partial charge in [0.2, 0.25) is 5.91 Å². The Morgan fingerprint density at radius 3 is 2.54 bits per heavy atom. The lowest BCUT2D eigenvalue weighted by Crippen LogP contribution is -2.54. The minimum atomic E-state index is -0.328. The van der Waals surface area contributed by atoms with Gasteiger partial charge < -0.3 is 21.5 Å². The van der Waals surface area contributed by atoms with E-state index in [4.69, 9.17) is 5.73 Å². The first-order valence-electron chi connectivity index (χ1n) is 8.56. The lowest BCUT2D eigenvalue weighted by Gasteiger charge is -2.27. The van der Waals surface area contributed by atoms with Crippen molar-refractivity contribution in [2.75, 3.05) is 18.9 Å². The molecule has 1 amide bonds. The van der Waals surface area contributed by atoms with E-state index in [1.165, 1.54) is 0 Å². The highest BCUT2D eigenvalue weighted by atomic mass is 32.1. The Morgan fingerprint density at radius 1 is 1.33 bits per heavy atom. The molecule has 0 aliphatic rings. The molecule has 4 atom stereocenters. The van der Waals surface area contributed by atoms with E-state index in [0.717, 1.165) is 12.0 Å². The van der Waals surface area contributed by atoms with Crippen LogP contribution in [0.2, 0.25) is 0 Å². The number of rotatable bonds is 11. The largest absolute Gasteiger partial charge is 0.394 e. The van der Waals surface area contributed by atoms with E-state index in [9.17, 15) is 9.90 Å². The van der Waals surface area contributed by atoms with Crippen LogP contribution in [0.4, 0.5) is 0 Å². The van der Waals surface area contributed by atoms with E-state index in [1.807, 2.05) is 37.3 Å². The summed E-state index contributed by atoms with van der Waals surface area (Å²) in [7, 11) is 0. The van der Waals surface area contributed by atoms with E-state index in [-0.39, 0.29) is 36.6 Å². The molecule has 0 saturated heterocycles. The van der Waals surface area contributed by atoms with E-state index in [2.05, 4.69) is 30.2 Å². The van der Waals surface area contributed by atoms with Crippen molar-refractivity contribution >= 4 is 18.5 Å². The van der Waals surface area contributed by atoms with E-state index >= 15 is 0 Å². The fourth-order valence-corrected chi connectivity index (χ4v) is 2.61. The van der Waals surface area contributed by atoms with Crippen molar-refractivity contribution in [1.82, 2.24) is 10.6 Å². The highest BCUT2D eigenvalue weighted by Crippen LogP contribution is 2.09. The molecule has 1 aromatic rings. The minimum Gasteiger partial charge on any atom is -0.394 e. The number of amides is 1. The summed E-state index contributed by atoms with van der Waals surface area (Å²) in [6.45, 7) is 4.53. The Hall–Kier alpha value is -1.08. The van der Waals surface area contributed by atoms with Crippen LogP contribution in [0, 0.1) is 5.92 Å². The first-order valence-corrected chi connectivity index (χ1v) is 9.20. The van der Waals surface area contributed by atoms with Gasteiger partial charge in [-0.3, -0.25) is 4.79 Å². The van der Waals surface area contributed by atoms with Crippen molar-refractivity contribution in [1.29, 1.82) is 0 Å². The summed E-state index contributed by atoms with van der Waals surface area (Å²) in [5, 5.41) is 15.8. The molecule has 0 radical (unpaired) electrons. The molecular formula is C18H31N3O2S. The quantitative estimate of drug-likeness (QED) is 0.384. The Bertz CT molecular complexity index is 473. The van der Waals surface area contributed by atoms with Gasteiger partial charge in [0.05, 0.1) is 18.7 Å². The first-order chi connectivity index (χ1) is 11.5. The predicted molar refractivity (Wildman–Crippen MR) is 102 cm³/mol. The maximum atomic E-state index is 12.7. The maximum absolute atomic E-state index is 12.7. The molecule has 0 aliphatic carbocycles. The van der Waals surface area contributed by atoms with Crippen LogP contribution in [0.1, 0.15) is 25.8 Å². The third-order valence-electron chi connectivity index (χ3n) is 4.22. The predicted octanol–water partition coefficient (Wildman–Crippen LogP) is 0.968. The number of carbonyl (C=O) groups excluding carboxylic acids is 1. The number of nitrogens with two attached hydrogens (primary N) is 1. The van der Waals surface area contributed by atoms with E-state index < -0.39 is 0 Å². The molecule has 0 spiro atoms. The van der Waals surface area contributed by atoms with Gasteiger partial charge in [0, 0.05) is 18.3 Å². The Kier molecular flexibility index (Phi) is 10.0. The summed E-state index contributed by atoms with van der Waals surface area (Å²) in [6, 6.07) is 9.12. The summed E-state index contributed by atoms with van der Waals surface area (Å²) in [4.78, 5) is 12.7. The molecule has 6 heteroatoms. The number of hydrogen-bond acceptors (Lipinski definition) is 5. The second kappa shape index (κ2) is 11.5. The standard InChI is InChI=1S/C18H31N3O2S/c1-3-13(2)17(20-10-15(19)12-24)18(23)21-16(11-22)9-14-7-5-4-6-8-14/h4-8,13,15-17,20,22,24H,3,9-12,19H2,1-2H3,(H,21,23)/t13?,15-,16?,17+/m1/s1. The number of aliphatic hydroxyl groups is 1. The Morgan fingerprint density at radius 2 is 2.00 bits per heavy atom. The summed E-state index contributed by atoms with van der Waals surface area (Å²) >= 11 is 4.17. The van der Waals surface area contributed by atoms with Crippen molar-refractivity contribution in [3.63, 3.8) is 0 Å². The van der Waals surface area contributed by atoms with Crippen LogP contribution in [0.3, 0.4) is 0 Å². The van der Waals surface area contributed by atoms with Gasteiger partial charge >= 0.3 is 0 Å². The highest BCUT2D eigenvalue weighted by Gasteiger charge is 2.25. The zero-order chi connectivity index (χ0) is 17.9. The summed E-state index contributed by atoms with van der Waals surface area (Å²) in [5.74, 6) is 0.647. The average Bonchev–Trinajstić information content (AvgIpc) is 2.61. The van der Waals surface area contributed by atoms with Crippen molar-refractivity contribution in [3.05, 3.63) is 35.9 Å². The summed E-state index contributed by atoms with van der Waals surface area (Å²) < 4.78 is 0. The van der Waals surface area contributed by atoms with E-state index in [0.29, 0.717) is 18.7 Å². The van der Waals surface area contributed by atoms with Gasteiger partial charge in [0.25, 0.3) is 0 Å². The minimum absolute atomic E-state index is 0.0919. The third kappa shape index (κ3) is 7.21. The Balaban J connectivity index is 2.66. The molecule has 0 fully saturated rings. The molecule has 1 aromatic carbocycles. The summed E-state index contributed by atoms with van der Waals surface area (Å²) in [5.41, 5.74) is 6.97. The molecule has 0 saturated carbocycles. The molecule has 1 rings (SSSR count). The summed E-state index contributed by atoms with van der Waals surface area (Å²) in [6.07, 6.45) is 1.48. The van der Waals surface area contributed by atoms with Crippen LogP contribution in [0.15, 0.2) is 30.3 Å². The Labute approximate surface area is 150 Å². The van der Waals surface area contributed by atoms with E-state index in [1.54, 1.807) is 0 Å². The van der Waals surface area contributed by atoms with Gasteiger partial charge in [-0.1, -0.05) is 50.6 Å². The molecule has 24 heavy (non-hydrogen) atoms. The molecular weight excluding hydrogens is 322 g/mol. The maximum Gasteiger partial charge on any atom is 0.237 e. The molecule has 5 nitrogen and oxygen atoms in total. The van der Waals surface area contributed by atoms with Crippen LogP contribution in [-0.4, -0.2) is 48.0 Å². The zero-order valence-corrected chi connectivity index (χ0v) is 15.5. The zero-order valence-electron chi connectivity index (χ0n) is 14.6. The number of thiol groups is 1. The SMILES string of the molecule is CCC(C)[C@H](NC[C@@H](N)CS)C(=O)NC(CO)Cc1ccccc1. The second-order valence-corrected chi connectivity index (χ2v) is 6.66. The molecule has 136 valence electrons. The molecule has 0 bridgehead atoms. The number of aliphatic hydroxyl groups excluding tert-OH is 1. The van der Waals surface area contributed by atoms with Gasteiger partial charge in [0.15, 0.2) is 0 Å². The van der Waals surface area contributed by atoms with Gasteiger partial charge in [-0.25, -0.2) is 0 Å². The molecule has 2 unspecified atom stereocenters. The highest BCUT2D eigenvalue weighted by molar-refractivity contribution is 7.80. The molecule has 0 heterocycles. The van der Waals surface area contributed by atoms with Gasteiger partial charge in [-0.05, 0) is 17.9 Å². The second-order valence-electron chi connectivity index (χ2n) is 6.29. The topological polar surface area (TPSA) is 87.4 Å². The van der Waals surface area contributed by atoms with Gasteiger partial charge in [0.1, 0.15) is 0 Å². The normalized spacial score (nSPS) is 16.2. The van der Waals surface area contributed by atoms with Gasteiger partial charge in [-0.2, -0.15) is 12.6 Å². The van der Waals surface area contributed by atoms with Crippen molar-refractivity contribution in [2.24, 2.45) is 11.7 Å². The molecule has 0 aliphatic heterocycles. The van der Waals surface area contributed by atoms with Gasteiger partial charge in [-0.15, -0.1) is 0 Å². The van der Waals surface area contributed by atoms with Crippen molar-refractivity contribution < 1.29 is 9.90 Å². The van der Waals surface area contributed by atoms with Crippen LogP contribution in [-0.2, 0) is 11.2 Å². The molecule has 0 aromatic heterocycles. The number of benzene rings is 1. The fraction of sp³-hybridized carbons (Fsp3) is 0.611. The smallest absolute Gasteiger partial charge is 0.237 e. The monoisotopic (exact) mass is 353 g/mol. The van der Waals surface area contributed by atoms with Crippen LogP contribution in [0.5, 0.6) is 0 Å². The average molecular weight is 354 g/mol. The number of carbonyl (C=O) groups is 1. The van der Waals surface area contributed by atoms with Crippen LogP contribution < -0.4 is 16.4 Å². The fourth-order valence-electron chi connectivity index (χ4n) is 2.48. The van der Waals surface area contributed by atoms with Crippen molar-refractivity contribution in [3.8, 4) is 0 Å². The lowest BCUT2D eigenvalue weighted by atomic mass is 9.97.